The smallest absolute Gasteiger partial charge is 0.277 e. The highest BCUT2D eigenvalue weighted by Gasteiger charge is 2.19. The van der Waals surface area contributed by atoms with Crippen LogP contribution in [-0.4, -0.2) is 28.5 Å². The molecule has 3 rings (SSSR count). The standard InChI is InChI=1S/C20H21N3O3S/c1-13-8-4-6-10-16(13)19-22-23-20(26-19)27-14(2)18(24)21-12-15-9-5-7-11-17(15)25-3/h4-11,14H,12H2,1-3H3,(H,21,24)/t14-/m0/s1. The molecule has 1 N–H and O–H groups in total. The van der Waals surface area contributed by atoms with E-state index in [9.17, 15) is 4.79 Å². The van der Waals surface area contributed by atoms with Gasteiger partial charge in [0.25, 0.3) is 5.22 Å². The molecule has 1 aromatic heterocycles. The lowest BCUT2D eigenvalue weighted by Gasteiger charge is -2.12. The van der Waals surface area contributed by atoms with E-state index in [2.05, 4.69) is 15.5 Å². The second kappa shape index (κ2) is 8.73. The van der Waals surface area contributed by atoms with E-state index in [1.54, 1.807) is 14.0 Å². The Morgan fingerprint density at radius 3 is 2.70 bits per heavy atom. The fourth-order valence-electron chi connectivity index (χ4n) is 2.56. The van der Waals surface area contributed by atoms with Crippen LogP contribution in [0, 0.1) is 6.92 Å². The van der Waals surface area contributed by atoms with Gasteiger partial charge in [0.05, 0.1) is 12.4 Å². The molecule has 140 valence electrons. The van der Waals surface area contributed by atoms with Gasteiger partial charge in [-0.25, -0.2) is 0 Å². The fourth-order valence-corrected chi connectivity index (χ4v) is 3.27. The number of methoxy groups -OCH3 is 1. The van der Waals surface area contributed by atoms with Crippen LogP contribution >= 0.6 is 11.8 Å². The molecule has 0 aliphatic heterocycles. The van der Waals surface area contributed by atoms with Crippen LogP contribution in [0.2, 0.25) is 0 Å². The van der Waals surface area contributed by atoms with E-state index in [4.69, 9.17) is 9.15 Å². The Bertz CT molecular complexity index is 926. The zero-order chi connectivity index (χ0) is 19.2. The molecule has 0 fully saturated rings. The average molecular weight is 383 g/mol. The van der Waals surface area contributed by atoms with Crippen LogP contribution in [0.4, 0.5) is 0 Å². The first-order valence-corrected chi connectivity index (χ1v) is 9.42. The van der Waals surface area contributed by atoms with Crippen LogP contribution in [0.1, 0.15) is 18.1 Å². The first-order chi connectivity index (χ1) is 13.1. The second-order valence-electron chi connectivity index (χ2n) is 5.98. The van der Waals surface area contributed by atoms with Crippen LogP contribution in [0.15, 0.2) is 58.2 Å². The molecule has 6 nitrogen and oxygen atoms in total. The second-order valence-corrected chi connectivity index (χ2v) is 7.27. The first-order valence-electron chi connectivity index (χ1n) is 8.54. The lowest BCUT2D eigenvalue weighted by Crippen LogP contribution is -2.30. The van der Waals surface area contributed by atoms with Crippen molar-refractivity contribution in [2.45, 2.75) is 30.9 Å². The number of hydrogen-bond acceptors (Lipinski definition) is 6. The number of ether oxygens (including phenoxy) is 1. The maximum Gasteiger partial charge on any atom is 0.277 e. The van der Waals surface area contributed by atoms with E-state index >= 15 is 0 Å². The molecule has 3 aromatic rings. The maximum absolute atomic E-state index is 12.4. The number of carbonyl (C=O) groups is 1. The van der Waals surface area contributed by atoms with Crippen LogP contribution in [0.5, 0.6) is 5.75 Å². The van der Waals surface area contributed by atoms with Crippen molar-refractivity contribution in [3.05, 3.63) is 59.7 Å². The monoisotopic (exact) mass is 383 g/mol. The first kappa shape index (κ1) is 19.0. The molecule has 0 spiro atoms. The highest BCUT2D eigenvalue weighted by Crippen LogP contribution is 2.27. The Labute approximate surface area is 162 Å². The predicted octanol–water partition coefficient (Wildman–Crippen LogP) is 3.85. The van der Waals surface area contributed by atoms with Crippen LogP contribution in [-0.2, 0) is 11.3 Å². The molecular formula is C20H21N3O3S. The van der Waals surface area contributed by atoms with E-state index in [1.165, 1.54) is 11.8 Å². The Morgan fingerprint density at radius 2 is 1.93 bits per heavy atom. The fraction of sp³-hybridized carbons (Fsp3) is 0.250. The largest absolute Gasteiger partial charge is 0.496 e. The van der Waals surface area contributed by atoms with Gasteiger partial charge in [-0.2, -0.15) is 0 Å². The molecule has 0 radical (unpaired) electrons. The minimum absolute atomic E-state index is 0.110. The molecule has 2 aromatic carbocycles. The molecule has 27 heavy (non-hydrogen) atoms. The minimum atomic E-state index is -0.370. The number of para-hydroxylation sites is 1. The van der Waals surface area contributed by atoms with Gasteiger partial charge in [-0.3, -0.25) is 4.79 Å². The lowest BCUT2D eigenvalue weighted by molar-refractivity contribution is -0.120. The normalized spacial score (nSPS) is 11.8. The van der Waals surface area contributed by atoms with Gasteiger partial charge in [-0.15, -0.1) is 10.2 Å². The van der Waals surface area contributed by atoms with Gasteiger partial charge in [0.2, 0.25) is 11.8 Å². The molecule has 7 heteroatoms. The van der Waals surface area contributed by atoms with Gasteiger partial charge in [-0.05, 0) is 31.5 Å². The number of amides is 1. The molecule has 1 atom stereocenters. The highest BCUT2D eigenvalue weighted by molar-refractivity contribution is 8.00. The van der Waals surface area contributed by atoms with Gasteiger partial charge >= 0.3 is 0 Å². The van der Waals surface area contributed by atoms with Crippen molar-refractivity contribution in [2.24, 2.45) is 0 Å². The number of carbonyl (C=O) groups excluding carboxylic acids is 1. The molecule has 1 amide bonds. The number of nitrogens with one attached hydrogen (secondary N) is 1. The summed E-state index contributed by atoms with van der Waals surface area (Å²) in [5.41, 5.74) is 2.87. The van der Waals surface area contributed by atoms with E-state index in [-0.39, 0.29) is 11.2 Å². The number of benzene rings is 2. The number of aryl methyl sites for hydroxylation is 1. The van der Waals surface area contributed by atoms with Crippen molar-refractivity contribution in [2.75, 3.05) is 7.11 Å². The van der Waals surface area contributed by atoms with Crippen molar-refractivity contribution in [1.82, 2.24) is 15.5 Å². The molecule has 0 aliphatic rings. The summed E-state index contributed by atoms with van der Waals surface area (Å²) in [4.78, 5) is 12.4. The van der Waals surface area contributed by atoms with E-state index in [0.717, 1.165) is 22.4 Å². The van der Waals surface area contributed by atoms with Gasteiger partial charge in [0.15, 0.2) is 0 Å². The Hall–Kier alpha value is -2.80. The number of thioether (sulfide) groups is 1. The van der Waals surface area contributed by atoms with Crippen LogP contribution in [0.25, 0.3) is 11.5 Å². The maximum atomic E-state index is 12.4. The van der Waals surface area contributed by atoms with Crippen molar-refractivity contribution < 1.29 is 13.9 Å². The molecular weight excluding hydrogens is 362 g/mol. The van der Waals surface area contributed by atoms with Gasteiger partial charge in [0, 0.05) is 17.7 Å². The predicted molar refractivity (Wildman–Crippen MR) is 105 cm³/mol. The summed E-state index contributed by atoms with van der Waals surface area (Å²) >= 11 is 1.23. The van der Waals surface area contributed by atoms with Crippen molar-refractivity contribution >= 4 is 17.7 Å². The Balaban J connectivity index is 1.59. The number of aromatic nitrogens is 2. The Kier molecular flexibility index (Phi) is 6.13. The highest BCUT2D eigenvalue weighted by atomic mass is 32.2. The Morgan fingerprint density at radius 1 is 1.19 bits per heavy atom. The molecule has 1 heterocycles. The third kappa shape index (κ3) is 4.68. The van der Waals surface area contributed by atoms with E-state index in [1.807, 2.05) is 55.5 Å². The summed E-state index contributed by atoms with van der Waals surface area (Å²) in [7, 11) is 1.61. The van der Waals surface area contributed by atoms with Crippen LogP contribution < -0.4 is 10.1 Å². The van der Waals surface area contributed by atoms with Gasteiger partial charge < -0.3 is 14.5 Å². The average Bonchev–Trinajstić information content (AvgIpc) is 3.14. The molecule has 0 bridgehead atoms. The zero-order valence-corrected chi connectivity index (χ0v) is 16.2. The molecule has 0 saturated heterocycles. The number of rotatable bonds is 7. The van der Waals surface area contributed by atoms with Gasteiger partial charge in [0.1, 0.15) is 5.75 Å². The summed E-state index contributed by atoms with van der Waals surface area (Å²) in [5.74, 6) is 1.09. The molecule has 0 saturated carbocycles. The summed E-state index contributed by atoms with van der Waals surface area (Å²) in [5, 5.41) is 11.0. The molecule has 0 aliphatic carbocycles. The topological polar surface area (TPSA) is 77.2 Å². The zero-order valence-electron chi connectivity index (χ0n) is 15.4. The summed E-state index contributed by atoms with van der Waals surface area (Å²) < 4.78 is 11.0. The molecule has 0 unspecified atom stereocenters. The van der Waals surface area contributed by atoms with Crippen molar-refractivity contribution in [3.8, 4) is 17.2 Å². The summed E-state index contributed by atoms with van der Waals surface area (Å²) in [6.45, 7) is 4.19. The van der Waals surface area contributed by atoms with Crippen LogP contribution in [0.3, 0.4) is 0 Å². The van der Waals surface area contributed by atoms with Gasteiger partial charge in [-0.1, -0.05) is 48.2 Å². The number of nitrogens with zero attached hydrogens (tertiary/aromatic N) is 2. The SMILES string of the molecule is COc1ccccc1CNC(=O)[C@H](C)Sc1nnc(-c2ccccc2C)o1. The van der Waals surface area contributed by atoms with E-state index < -0.39 is 0 Å². The number of hydrogen-bond donors (Lipinski definition) is 1. The lowest BCUT2D eigenvalue weighted by atomic mass is 10.1. The third-order valence-electron chi connectivity index (χ3n) is 4.07. The summed E-state index contributed by atoms with van der Waals surface area (Å²) in [6.07, 6.45) is 0. The van der Waals surface area contributed by atoms with Crippen molar-refractivity contribution in [3.63, 3.8) is 0 Å². The third-order valence-corrected chi connectivity index (χ3v) is 5.01. The quantitative estimate of drug-likeness (QED) is 0.625. The van der Waals surface area contributed by atoms with E-state index in [0.29, 0.717) is 17.7 Å². The summed E-state index contributed by atoms with van der Waals surface area (Å²) in [6, 6.07) is 15.4. The minimum Gasteiger partial charge on any atom is -0.496 e. The van der Waals surface area contributed by atoms with Crippen molar-refractivity contribution in [1.29, 1.82) is 0 Å².